The van der Waals surface area contributed by atoms with Crippen molar-refractivity contribution in [2.75, 3.05) is 0 Å². The van der Waals surface area contributed by atoms with Gasteiger partial charge in [0.05, 0.1) is 23.6 Å². The zero-order valence-corrected chi connectivity index (χ0v) is 26.8. The molecule has 0 unspecified atom stereocenters. The van der Waals surface area contributed by atoms with Crippen LogP contribution in [0.15, 0.2) is 73.1 Å². The first-order valence-corrected chi connectivity index (χ1v) is 16.3. The van der Waals surface area contributed by atoms with E-state index in [1.165, 1.54) is 10.8 Å². The second-order valence-corrected chi connectivity index (χ2v) is 12.0. The molecule has 0 aliphatic heterocycles. The van der Waals surface area contributed by atoms with Crippen molar-refractivity contribution >= 4 is 41.8 Å². The van der Waals surface area contributed by atoms with Crippen LogP contribution in [0, 0.1) is 35.5 Å². The van der Waals surface area contributed by atoms with Gasteiger partial charge in [-0.2, -0.15) is 35.5 Å². The molecule has 0 atom stereocenters. The lowest BCUT2D eigenvalue weighted by Gasteiger charge is -2.08. The van der Waals surface area contributed by atoms with E-state index in [0.717, 1.165) is 48.1 Å². The van der Waals surface area contributed by atoms with Gasteiger partial charge in [-0.05, 0) is 36.8 Å². The van der Waals surface area contributed by atoms with E-state index in [1.807, 2.05) is 13.8 Å². The van der Waals surface area contributed by atoms with Crippen molar-refractivity contribution in [3.05, 3.63) is 84.4 Å². The normalized spacial score (nSPS) is 11.3. The molecule has 4 rings (SSSR count). The highest BCUT2D eigenvalue weighted by Crippen LogP contribution is 2.21. The van der Waals surface area contributed by atoms with Gasteiger partial charge >= 0.3 is 11.0 Å². The molecule has 2 heterocycles. The molecule has 254 valence electrons. The Balaban J connectivity index is 0.000000414. The molecule has 0 aliphatic rings. The Morgan fingerprint density at radius 1 is 0.604 bits per heavy atom. The minimum absolute atomic E-state index is 0.804. The number of aromatic nitrogens is 2. The molecule has 0 saturated carbocycles. The molecule has 4 aromatic rings. The van der Waals surface area contributed by atoms with E-state index in [2.05, 4.69) is 118 Å². The van der Waals surface area contributed by atoms with Gasteiger partial charge in [0.15, 0.2) is 45.7 Å². The number of pyridine rings is 2. The highest BCUT2D eigenvalue weighted by molar-refractivity contribution is 7.86. The second-order valence-electron chi connectivity index (χ2n) is 9.29. The van der Waals surface area contributed by atoms with Gasteiger partial charge in [0.1, 0.15) is 0 Å². The largest absolute Gasteiger partial charge is 0.741 e. The van der Waals surface area contributed by atoms with Crippen molar-refractivity contribution in [2.24, 2.45) is 0 Å². The maximum atomic E-state index is 10.7. The first-order valence-electron chi connectivity index (χ1n) is 13.5. The van der Waals surface area contributed by atoms with Crippen LogP contribution in [-0.4, -0.2) is 37.0 Å². The van der Waals surface area contributed by atoms with E-state index in [4.69, 9.17) is 25.9 Å². The van der Waals surface area contributed by atoms with Gasteiger partial charge in [0.25, 0.3) is 11.4 Å². The SMILES string of the molecule is CC#CCC[n+]1ccc2ccccc2c1C#Cc1c2ccccc2cc[n+]1CCC#CC.O=S(=O)([O-])C(F)(F)F.O=S(=O)([O-])C(F)(F)F. The quantitative estimate of drug-likeness (QED) is 0.0977. The van der Waals surface area contributed by atoms with Crippen molar-refractivity contribution in [1.29, 1.82) is 0 Å². The number of hydrogen-bond acceptors (Lipinski definition) is 6. The summed E-state index contributed by atoms with van der Waals surface area (Å²) in [7, 11) is -12.2. The number of rotatable bonds is 4. The lowest BCUT2D eigenvalue weighted by Crippen LogP contribution is -2.38. The molecule has 0 saturated heterocycles. The van der Waals surface area contributed by atoms with Gasteiger partial charge in [-0.1, -0.05) is 48.2 Å². The smallest absolute Gasteiger partial charge is 0.485 e. The summed E-state index contributed by atoms with van der Waals surface area (Å²) in [5.41, 5.74) is -9.25. The Morgan fingerprint density at radius 3 is 1.21 bits per heavy atom. The number of hydrogen-bond donors (Lipinski definition) is 0. The molecular weight excluding hydrogens is 686 g/mol. The summed E-state index contributed by atoms with van der Waals surface area (Å²) in [6.45, 7) is 5.40. The van der Waals surface area contributed by atoms with Gasteiger partial charge in [0.2, 0.25) is 0 Å². The predicted molar refractivity (Wildman–Crippen MR) is 162 cm³/mol. The predicted octanol–water partition coefficient (Wildman–Crippen LogP) is 4.90. The molecule has 0 bridgehead atoms. The van der Waals surface area contributed by atoms with E-state index in [-0.39, 0.29) is 0 Å². The molecule has 2 aromatic heterocycles. The number of alkyl halides is 6. The molecule has 0 aliphatic carbocycles. The third kappa shape index (κ3) is 11.5. The van der Waals surface area contributed by atoms with Crippen molar-refractivity contribution in [2.45, 2.75) is 50.8 Å². The zero-order chi connectivity index (χ0) is 36.2. The molecule has 8 nitrogen and oxygen atoms in total. The van der Waals surface area contributed by atoms with E-state index in [0.29, 0.717) is 0 Å². The molecule has 16 heteroatoms. The summed E-state index contributed by atoms with van der Waals surface area (Å²) >= 11 is 0. The molecule has 0 spiro atoms. The first kappa shape index (κ1) is 39.5. The highest BCUT2D eigenvalue weighted by Gasteiger charge is 2.37. The molecule has 2 aromatic carbocycles. The van der Waals surface area contributed by atoms with Crippen LogP contribution in [-0.2, 0) is 33.3 Å². The Bertz CT molecular complexity index is 2010. The Kier molecular flexibility index (Phi) is 14.0. The van der Waals surface area contributed by atoms with E-state index >= 15 is 0 Å². The van der Waals surface area contributed by atoms with E-state index in [9.17, 15) is 26.3 Å². The lowest BCUT2D eigenvalue weighted by atomic mass is 10.1. The van der Waals surface area contributed by atoms with E-state index in [1.54, 1.807) is 0 Å². The van der Waals surface area contributed by atoms with Crippen molar-refractivity contribution in [3.63, 3.8) is 0 Å². The van der Waals surface area contributed by atoms with Gasteiger partial charge < -0.3 is 9.11 Å². The zero-order valence-electron chi connectivity index (χ0n) is 25.2. The van der Waals surface area contributed by atoms with Crippen LogP contribution in [0.3, 0.4) is 0 Å². The van der Waals surface area contributed by atoms with Crippen LogP contribution in [0.4, 0.5) is 26.3 Å². The fourth-order valence-electron chi connectivity index (χ4n) is 3.89. The lowest BCUT2D eigenvalue weighted by molar-refractivity contribution is -0.698. The molecule has 0 amide bonds. The summed E-state index contributed by atoms with van der Waals surface area (Å²) in [5, 5.41) is 4.71. The highest BCUT2D eigenvalue weighted by atomic mass is 32.2. The van der Waals surface area contributed by atoms with Gasteiger partial charge in [-0.3, -0.25) is 0 Å². The number of benzene rings is 2. The van der Waals surface area contributed by atoms with Crippen LogP contribution >= 0.6 is 0 Å². The maximum Gasteiger partial charge on any atom is 0.485 e. The molecule has 48 heavy (non-hydrogen) atoms. The average Bonchev–Trinajstić information content (AvgIpc) is 2.99. The summed E-state index contributed by atoms with van der Waals surface area (Å²) in [5.74, 6) is 19.4. The van der Waals surface area contributed by atoms with Gasteiger partial charge in [-0.25, -0.2) is 16.8 Å². The van der Waals surface area contributed by atoms with Crippen molar-refractivity contribution in [1.82, 2.24) is 0 Å². The molecule has 0 N–H and O–H groups in total. The van der Waals surface area contributed by atoms with Crippen molar-refractivity contribution in [3.8, 4) is 35.5 Å². The summed E-state index contributed by atoms with van der Waals surface area (Å²) in [6.07, 6.45) is 5.85. The number of aryl methyl sites for hydroxylation is 2. The number of fused-ring (bicyclic) bond motifs is 2. The standard InChI is InChI=1S/C30H26N2.2CHF3O3S/c1-3-5-11-21-31-23-19-25-13-7-9-15-27(25)29(31)17-18-30-28-16-10-8-14-26(28)20-24-32(30)22-12-6-4-2;2*2-1(3,4)8(5,6)7/h7-10,13-16,19-20,23-24H,11-12,21-22H2,1-2H3;2*(H,5,6,7)/q+2;;/p-2. The number of halogens is 6. The number of nitrogens with zero attached hydrogens (tertiary/aromatic N) is 2. The first-order chi connectivity index (χ1) is 22.3. The van der Waals surface area contributed by atoms with E-state index < -0.39 is 31.3 Å². The Hall–Kier alpha value is -4.66. The minimum Gasteiger partial charge on any atom is -0.741 e. The van der Waals surface area contributed by atoms with Crippen LogP contribution in [0.25, 0.3) is 21.5 Å². The summed E-state index contributed by atoms with van der Waals surface area (Å²) in [4.78, 5) is 0. The van der Waals surface area contributed by atoms with Gasteiger partial charge in [-0.15, -0.1) is 11.8 Å². The fraction of sp³-hybridized carbons (Fsp3) is 0.250. The van der Waals surface area contributed by atoms with Crippen LogP contribution < -0.4 is 9.13 Å². The average molecular weight is 713 g/mol. The van der Waals surface area contributed by atoms with Gasteiger partial charge in [0, 0.05) is 24.0 Å². The molecular formula is C32H26F6N2O6S2. The second kappa shape index (κ2) is 16.9. The topological polar surface area (TPSA) is 122 Å². The third-order valence-corrected chi connectivity index (χ3v) is 7.18. The molecule has 0 fully saturated rings. The fourth-order valence-corrected chi connectivity index (χ4v) is 3.89. The Morgan fingerprint density at radius 2 is 0.917 bits per heavy atom. The van der Waals surface area contributed by atoms with Crippen molar-refractivity contribution < 1.29 is 61.4 Å². The summed E-state index contributed by atoms with van der Waals surface area (Å²) < 4.78 is 122. The molecule has 0 radical (unpaired) electrons. The maximum absolute atomic E-state index is 10.7. The van der Waals surface area contributed by atoms with Crippen LogP contribution in [0.2, 0.25) is 0 Å². The monoisotopic (exact) mass is 712 g/mol. The van der Waals surface area contributed by atoms with Crippen LogP contribution in [0.5, 0.6) is 0 Å². The summed E-state index contributed by atoms with van der Waals surface area (Å²) in [6, 6.07) is 21.2. The van der Waals surface area contributed by atoms with Crippen LogP contribution in [0.1, 0.15) is 38.1 Å². The third-order valence-electron chi connectivity index (χ3n) is 6.05. The minimum atomic E-state index is -6.09. The Labute approximate surface area is 273 Å².